The first-order chi connectivity index (χ1) is 12.2. The number of aryl methyl sites for hydroxylation is 1. The van der Waals surface area contributed by atoms with Crippen LogP contribution in [0.5, 0.6) is 0 Å². The number of hydrogen-bond donors (Lipinski definition) is 1. The van der Waals surface area contributed by atoms with Crippen LogP contribution in [0.25, 0.3) is 22.3 Å². The highest BCUT2D eigenvalue weighted by Crippen LogP contribution is 2.19. The van der Waals surface area contributed by atoms with Crippen molar-refractivity contribution < 1.29 is 0 Å². The molecule has 25 heavy (non-hydrogen) atoms. The van der Waals surface area contributed by atoms with Gasteiger partial charge in [-0.05, 0) is 49.1 Å². The van der Waals surface area contributed by atoms with Gasteiger partial charge in [0.2, 0.25) is 0 Å². The molecule has 1 aromatic heterocycles. The predicted octanol–water partition coefficient (Wildman–Crippen LogP) is 4.57. The number of hydrogen-bond acceptors (Lipinski definition) is 3. The van der Waals surface area contributed by atoms with E-state index in [4.69, 9.17) is 5.26 Å². The van der Waals surface area contributed by atoms with Gasteiger partial charge >= 0.3 is 0 Å². The molecule has 0 aliphatic heterocycles. The molecule has 0 fully saturated rings. The molecule has 5 heteroatoms. The number of nitrogens with one attached hydrogen (secondary N) is 1. The van der Waals surface area contributed by atoms with Gasteiger partial charge < -0.3 is 4.98 Å². The number of aromatic amines is 1. The van der Waals surface area contributed by atoms with Crippen LogP contribution in [0.2, 0.25) is 0 Å². The molecule has 0 unspecified atom stereocenters. The number of H-pyrrole nitrogens is 1. The first-order valence-electron chi connectivity index (χ1n) is 8.31. The van der Waals surface area contributed by atoms with Gasteiger partial charge in [0.15, 0.2) is 0 Å². The largest absolute Gasteiger partial charge is 0.319 e. The van der Waals surface area contributed by atoms with E-state index in [9.17, 15) is 4.79 Å². The summed E-state index contributed by atoms with van der Waals surface area (Å²) >= 11 is 3.45. The summed E-state index contributed by atoms with van der Waals surface area (Å²) in [6, 6.07) is 15.1. The Bertz CT molecular complexity index is 988. The van der Waals surface area contributed by atoms with Gasteiger partial charge in [0.1, 0.15) is 5.69 Å². The smallest absolute Gasteiger partial charge is 0.274 e. The van der Waals surface area contributed by atoms with Crippen molar-refractivity contribution in [3.8, 4) is 17.3 Å². The van der Waals surface area contributed by atoms with E-state index >= 15 is 0 Å². The van der Waals surface area contributed by atoms with E-state index in [1.54, 1.807) is 24.3 Å². The quantitative estimate of drug-likeness (QED) is 0.490. The average Bonchev–Trinajstić information content (AvgIpc) is 2.64. The molecule has 3 aromatic rings. The number of nitriles is 1. The van der Waals surface area contributed by atoms with Crippen LogP contribution in [0, 0.1) is 11.3 Å². The van der Waals surface area contributed by atoms with Crippen LogP contribution in [-0.2, 0) is 6.42 Å². The van der Waals surface area contributed by atoms with Gasteiger partial charge in [-0.1, -0.05) is 40.5 Å². The second kappa shape index (κ2) is 8.09. The molecule has 0 aliphatic carbocycles. The molecule has 0 spiro atoms. The normalized spacial score (nSPS) is 10.7. The Kier molecular flexibility index (Phi) is 5.62. The third-order valence-corrected chi connectivity index (χ3v) is 4.68. The second-order valence-corrected chi connectivity index (χ2v) is 6.75. The summed E-state index contributed by atoms with van der Waals surface area (Å²) in [5, 5.41) is 10.1. The van der Waals surface area contributed by atoms with Crippen LogP contribution >= 0.6 is 15.9 Å². The summed E-state index contributed by atoms with van der Waals surface area (Å²) < 4.78 is 0. The van der Waals surface area contributed by atoms with E-state index in [0.717, 1.165) is 29.2 Å². The second-order valence-electron chi connectivity index (χ2n) is 5.96. The molecule has 1 heterocycles. The van der Waals surface area contributed by atoms with Gasteiger partial charge in [0.25, 0.3) is 5.56 Å². The zero-order valence-electron chi connectivity index (χ0n) is 13.8. The number of halogens is 1. The van der Waals surface area contributed by atoms with Gasteiger partial charge in [0, 0.05) is 10.9 Å². The van der Waals surface area contributed by atoms with Crippen LogP contribution in [0.3, 0.4) is 0 Å². The molecule has 0 radical (unpaired) electrons. The molecular formula is C20H18BrN3O. The molecular weight excluding hydrogens is 378 g/mol. The van der Waals surface area contributed by atoms with E-state index in [0.29, 0.717) is 16.8 Å². The number of fused-ring (bicyclic) bond motifs is 1. The fraction of sp³-hybridized carbons (Fsp3) is 0.250. The fourth-order valence-electron chi connectivity index (χ4n) is 2.82. The van der Waals surface area contributed by atoms with E-state index in [1.807, 2.05) is 12.1 Å². The third-order valence-electron chi connectivity index (χ3n) is 4.12. The lowest BCUT2D eigenvalue weighted by atomic mass is 10.1. The summed E-state index contributed by atoms with van der Waals surface area (Å²) in [5.74, 6) is 0. The minimum atomic E-state index is -0.237. The number of benzene rings is 2. The molecule has 2 aromatic carbocycles. The van der Waals surface area contributed by atoms with E-state index in [-0.39, 0.29) is 5.56 Å². The molecule has 0 saturated heterocycles. The molecule has 3 rings (SSSR count). The lowest BCUT2D eigenvalue weighted by molar-refractivity contribution is 0.725. The molecule has 0 saturated carbocycles. The van der Waals surface area contributed by atoms with Crippen molar-refractivity contribution in [2.45, 2.75) is 25.7 Å². The van der Waals surface area contributed by atoms with E-state index in [1.165, 1.54) is 18.4 Å². The van der Waals surface area contributed by atoms with Crippen LogP contribution in [0.15, 0.2) is 47.3 Å². The zero-order valence-corrected chi connectivity index (χ0v) is 15.3. The van der Waals surface area contributed by atoms with Crippen LogP contribution in [-0.4, -0.2) is 15.3 Å². The predicted molar refractivity (Wildman–Crippen MR) is 104 cm³/mol. The minimum Gasteiger partial charge on any atom is -0.319 e. The highest BCUT2D eigenvalue weighted by atomic mass is 79.9. The average molecular weight is 396 g/mol. The summed E-state index contributed by atoms with van der Waals surface area (Å²) in [6.45, 7) is 0. The molecule has 0 amide bonds. The number of aromatic nitrogens is 2. The van der Waals surface area contributed by atoms with Crippen molar-refractivity contribution >= 4 is 27.0 Å². The van der Waals surface area contributed by atoms with E-state index in [2.05, 4.69) is 38.0 Å². The van der Waals surface area contributed by atoms with Crippen LogP contribution in [0.1, 0.15) is 30.4 Å². The maximum Gasteiger partial charge on any atom is 0.274 e. The maximum atomic E-state index is 12.4. The molecule has 0 aliphatic rings. The zero-order chi connectivity index (χ0) is 17.6. The Balaban J connectivity index is 1.92. The number of nitrogens with zero attached hydrogens (tertiary/aromatic N) is 2. The van der Waals surface area contributed by atoms with Gasteiger partial charge in [-0.25, -0.2) is 4.98 Å². The Labute approximate surface area is 154 Å². The van der Waals surface area contributed by atoms with Crippen molar-refractivity contribution in [2.75, 3.05) is 5.33 Å². The monoisotopic (exact) mass is 395 g/mol. The highest BCUT2D eigenvalue weighted by molar-refractivity contribution is 9.09. The van der Waals surface area contributed by atoms with Crippen LogP contribution < -0.4 is 5.56 Å². The highest BCUT2D eigenvalue weighted by Gasteiger charge is 2.09. The van der Waals surface area contributed by atoms with Gasteiger partial charge in [-0.15, -0.1) is 0 Å². The number of unbranched alkanes of at least 4 members (excludes halogenated alkanes) is 2. The molecule has 0 atom stereocenters. The standard InChI is InChI=1S/C20H18BrN3O/c21-10-3-1-2-5-14-8-9-17-18(12-14)24-20(25)19(23-17)16-7-4-6-15(11-16)13-22/h4,6-9,11-12H,1-3,5,10H2,(H,24,25). The first kappa shape index (κ1) is 17.4. The summed E-state index contributed by atoms with van der Waals surface area (Å²) in [4.78, 5) is 19.9. The van der Waals surface area contributed by atoms with Gasteiger partial charge in [-0.2, -0.15) is 5.26 Å². The van der Waals surface area contributed by atoms with Gasteiger partial charge in [0.05, 0.1) is 22.7 Å². The Morgan fingerprint density at radius 1 is 1.12 bits per heavy atom. The minimum absolute atomic E-state index is 0.237. The third kappa shape index (κ3) is 4.15. The first-order valence-corrected chi connectivity index (χ1v) is 9.43. The maximum absolute atomic E-state index is 12.4. The summed E-state index contributed by atoms with van der Waals surface area (Å²) in [6.07, 6.45) is 4.49. The van der Waals surface area contributed by atoms with Crippen molar-refractivity contribution in [3.05, 3.63) is 63.9 Å². The number of alkyl halides is 1. The fourth-order valence-corrected chi connectivity index (χ4v) is 3.22. The number of rotatable bonds is 6. The Morgan fingerprint density at radius 2 is 2.00 bits per heavy atom. The summed E-state index contributed by atoms with van der Waals surface area (Å²) in [5.41, 5.74) is 3.98. The Morgan fingerprint density at radius 3 is 2.80 bits per heavy atom. The van der Waals surface area contributed by atoms with Crippen molar-refractivity contribution in [3.63, 3.8) is 0 Å². The molecule has 0 bridgehead atoms. The Hall–Kier alpha value is -2.45. The van der Waals surface area contributed by atoms with Crippen LogP contribution in [0.4, 0.5) is 0 Å². The lowest BCUT2D eigenvalue weighted by Gasteiger charge is -2.06. The topological polar surface area (TPSA) is 69.5 Å². The summed E-state index contributed by atoms with van der Waals surface area (Å²) in [7, 11) is 0. The van der Waals surface area contributed by atoms with Crippen molar-refractivity contribution in [1.29, 1.82) is 5.26 Å². The van der Waals surface area contributed by atoms with E-state index < -0.39 is 0 Å². The molecule has 4 nitrogen and oxygen atoms in total. The van der Waals surface area contributed by atoms with Crippen molar-refractivity contribution in [1.82, 2.24) is 9.97 Å². The van der Waals surface area contributed by atoms with Crippen molar-refractivity contribution in [2.24, 2.45) is 0 Å². The lowest BCUT2D eigenvalue weighted by Crippen LogP contribution is -2.11. The molecule has 1 N–H and O–H groups in total. The SMILES string of the molecule is N#Cc1cccc(-c2nc3ccc(CCCCCBr)cc3[nH]c2=O)c1. The molecule has 126 valence electrons. The van der Waals surface area contributed by atoms with Gasteiger partial charge in [-0.3, -0.25) is 4.79 Å².